The van der Waals surface area contributed by atoms with E-state index in [0.29, 0.717) is 0 Å². The van der Waals surface area contributed by atoms with Crippen LogP contribution < -0.4 is 0 Å². The standard InChI is InChI=1S/C20H34S2/c1-3-7-11-15-19(17(21-19)13-9-5-1)20-16-12-8-4-2-6-10-14-18(20)22-20/h17-18H,1-16H2. The Balaban J connectivity index is 1.48. The van der Waals surface area contributed by atoms with E-state index in [4.69, 9.17) is 0 Å². The maximum absolute atomic E-state index is 2.45. The Hall–Kier alpha value is 0.700. The molecule has 0 N–H and O–H groups in total. The summed E-state index contributed by atoms with van der Waals surface area (Å²) in [6.45, 7) is 0. The summed E-state index contributed by atoms with van der Waals surface area (Å²) in [6.07, 6.45) is 24.4. The van der Waals surface area contributed by atoms with Gasteiger partial charge in [0.1, 0.15) is 0 Å². The van der Waals surface area contributed by atoms with Crippen molar-refractivity contribution in [1.82, 2.24) is 0 Å². The lowest BCUT2D eigenvalue weighted by Gasteiger charge is -2.28. The predicted octanol–water partition coefficient (Wildman–Crippen LogP) is 6.96. The molecule has 0 radical (unpaired) electrons. The van der Waals surface area contributed by atoms with Crippen LogP contribution in [-0.4, -0.2) is 20.0 Å². The van der Waals surface area contributed by atoms with Gasteiger partial charge in [-0.05, 0) is 25.7 Å². The molecule has 0 bridgehead atoms. The zero-order valence-corrected chi connectivity index (χ0v) is 15.9. The molecule has 2 heterocycles. The summed E-state index contributed by atoms with van der Waals surface area (Å²) in [4.78, 5) is 0. The van der Waals surface area contributed by atoms with Gasteiger partial charge in [0.05, 0.1) is 0 Å². The highest BCUT2D eigenvalue weighted by Crippen LogP contribution is 2.79. The van der Waals surface area contributed by atoms with E-state index >= 15 is 0 Å². The van der Waals surface area contributed by atoms with Gasteiger partial charge in [0, 0.05) is 20.0 Å². The summed E-state index contributed by atoms with van der Waals surface area (Å²) >= 11 is 4.89. The van der Waals surface area contributed by atoms with Crippen molar-refractivity contribution in [2.24, 2.45) is 0 Å². The summed E-state index contributed by atoms with van der Waals surface area (Å²) in [5, 5.41) is 2.09. The molecule has 0 amide bonds. The van der Waals surface area contributed by atoms with Gasteiger partial charge in [-0.1, -0.05) is 77.0 Å². The molecule has 2 saturated carbocycles. The molecule has 0 aromatic carbocycles. The third-order valence-corrected chi connectivity index (χ3v) is 10.9. The van der Waals surface area contributed by atoms with Crippen LogP contribution in [0.4, 0.5) is 0 Å². The van der Waals surface area contributed by atoms with E-state index in [2.05, 4.69) is 23.5 Å². The van der Waals surface area contributed by atoms with Crippen LogP contribution in [0.1, 0.15) is 103 Å². The topological polar surface area (TPSA) is 0 Å². The monoisotopic (exact) mass is 338 g/mol. The Kier molecular flexibility index (Phi) is 5.08. The Morgan fingerprint density at radius 2 is 0.818 bits per heavy atom. The van der Waals surface area contributed by atoms with E-state index in [1.165, 1.54) is 77.0 Å². The SMILES string of the molecule is C1CCCCC2(C34CCCCCCCCC3S4)SC2CCC1. The fourth-order valence-corrected chi connectivity index (χ4v) is 9.67. The highest BCUT2D eigenvalue weighted by molar-refractivity contribution is 8.14. The van der Waals surface area contributed by atoms with Crippen LogP contribution in [-0.2, 0) is 0 Å². The first-order chi connectivity index (χ1) is 10.9. The van der Waals surface area contributed by atoms with Gasteiger partial charge >= 0.3 is 0 Å². The Morgan fingerprint density at radius 3 is 1.27 bits per heavy atom. The Labute approximate surface area is 146 Å². The van der Waals surface area contributed by atoms with Gasteiger partial charge in [-0.25, -0.2) is 0 Å². The second-order valence-corrected chi connectivity index (χ2v) is 11.4. The first-order valence-corrected chi connectivity index (χ1v) is 12.0. The van der Waals surface area contributed by atoms with Gasteiger partial charge in [0.2, 0.25) is 0 Å². The molecule has 4 aliphatic rings. The molecule has 0 aromatic heterocycles. The van der Waals surface area contributed by atoms with E-state index in [1.807, 2.05) is 0 Å². The third-order valence-electron chi connectivity index (χ3n) is 6.88. The minimum absolute atomic E-state index is 0.735. The molecule has 2 aliphatic carbocycles. The maximum Gasteiger partial charge on any atom is 0.0439 e. The van der Waals surface area contributed by atoms with Crippen molar-refractivity contribution >= 4 is 23.5 Å². The van der Waals surface area contributed by atoms with Crippen molar-refractivity contribution in [3.63, 3.8) is 0 Å². The smallest absolute Gasteiger partial charge is 0.0439 e. The number of fused-ring (bicyclic) bond motifs is 3. The zero-order chi connectivity index (χ0) is 14.9. The van der Waals surface area contributed by atoms with E-state index < -0.39 is 0 Å². The third kappa shape index (κ3) is 3.01. The minimum Gasteiger partial charge on any atom is -0.148 e. The van der Waals surface area contributed by atoms with Crippen molar-refractivity contribution in [3.05, 3.63) is 0 Å². The molecular formula is C20H34S2. The molecule has 0 aromatic rings. The molecule has 4 atom stereocenters. The van der Waals surface area contributed by atoms with Crippen molar-refractivity contribution in [3.8, 4) is 0 Å². The lowest BCUT2D eigenvalue weighted by Crippen LogP contribution is -2.37. The van der Waals surface area contributed by atoms with E-state index in [9.17, 15) is 0 Å². The van der Waals surface area contributed by atoms with Crippen LogP contribution in [0, 0.1) is 0 Å². The summed E-state index contributed by atoms with van der Waals surface area (Å²) in [5.41, 5.74) is 0. The van der Waals surface area contributed by atoms with E-state index in [0.717, 1.165) is 20.0 Å². The zero-order valence-electron chi connectivity index (χ0n) is 14.3. The van der Waals surface area contributed by atoms with Crippen molar-refractivity contribution in [2.45, 2.75) is 123 Å². The first-order valence-electron chi connectivity index (χ1n) is 10.2. The second kappa shape index (κ2) is 6.90. The van der Waals surface area contributed by atoms with Crippen LogP contribution >= 0.6 is 23.5 Å². The molecule has 4 unspecified atom stereocenters. The molecule has 4 fully saturated rings. The molecule has 0 nitrogen and oxygen atoms in total. The van der Waals surface area contributed by atoms with Gasteiger partial charge in [-0.15, -0.1) is 23.5 Å². The Morgan fingerprint density at radius 1 is 0.455 bits per heavy atom. The van der Waals surface area contributed by atoms with Crippen LogP contribution in [0.3, 0.4) is 0 Å². The molecule has 2 aliphatic heterocycles. The lowest BCUT2D eigenvalue weighted by atomic mass is 9.77. The first kappa shape index (κ1) is 16.2. The molecule has 2 heteroatoms. The van der Waals surface area contributed by atoms with Crippen molar-refractivity contribution in [1.29, 1.82) is 0 Å². The van der Waals surface area contributed by atoms with Gasteiger partial charge in [0.15, 0.2) is 0 Å². The maximum atomic E-state index is 2.45. The van der Waals surface area contributed by atoms with Gasteiger partial charge in [-0.3, -0.25) is 0 Å². The summed E-state index contributed by atoms with van der Waals surface area (Å²) in [5.74, 6) is 0. The van der Waals surface area contributed by atoms with Crippen molar-refractivity contribution < 1.29 is 0 Å². The highest BCUT2D eigenvalue weighted by atomic mass is 32.2. The molecule has 2 saturated heterocycles. The predicted molar refractivity (Wildman–Crippen MR) is 102 cm³/mol. The summed E-state index contributed by atoms with van der Waals surface area (Å²) < 4.78 is 1.47. The fourth-order valence-electron chi connectivity index (χ4n) is 5.48. The van der Waals surface area contributed by atoms with Gasteiger partial charge in [-0.2, -0.15) is 0 Å². The van der Waals surface area contributed by atoms with Crippen molar-refractivity contribution in [2.75, 3.05) is 0 Å². The largest absolute Gasteiger partial charge is 0.148 e. The average molecular weight is 339 g/mol. The summed E-state index contributed by atoms with van der Waals surface area (Å²) in [6, 6.07) is 0. The number of rotatable bonds is 1. The summed E-state index contributed by atoms with van der Waals surface area (Å²) in [7, 11) is 0. The van der Waals surface area contributed by atoms with Crippen LogP contribution in [0.25, 0.3) is 0 Å². The van der Waals surface area contributed by atoms with Crippen LogP contribution in [0.15, 0.2) is 0 Å². The second-order valence-electron chi connectivity index (χ2n) is 8.31. The molecule has 22 heavy (non-hydrogen) atoms. The van der Waals surface area contributed by atoms with Gasteiger partial charge < -0.3 is 0 Å². The van der Waals surface area contributed by atoms with E-state index in [-0.39, 0.29) is 0 Å². The average Bonchev–Trinajstić information content (AvgIpc) is 3.42. The minimum atomic E-state index is 0.735. The molecule has 126 valence electrons. The molecule has 0 spiro atoms. The Bertz CT molecular complexity index is 346. The molecular weight excluding hydrogens is 304 g/mol. The van der Waals surface area contributed by atoms with Crippen LogP contribution in [0.5, 0.6) is 0 Å². The highest BCUT2D eigenvalue weighted by Gasteiger charge is 2.75. The normalized spacial score (nSPS) is 46.9. The van der Waals surface area contributed by atoms with Crippen LogP contribution in [0.2, 0.25) is 0 Å². The fraction of sp³-hybridized carbons (Fsp3) is 1.00. The molecule has 4 rings (SSSR count). The lowest BCUT2D eigenvalue weighted by molar-refractivity contribution is 0.375. The number of hydrogen-bond acceptors (Lipinski definition) is 2. The van der Waals surface area contributed by atoms with E-state index in [1.54, 1.807) is 25.7 Å². The van der Waals surface area contributed by atoms with Gasteiger partial charge in [0.25, 0.3) is 0 Å². The quantitative estimate of drug-likeness (QED) is 0.474. The number of hydrogen-bond donors (Lipinski definition) is 0. The number of thioether (sulfide) groups is 2.